The maximum atomic E-state index is 13.1. The average molecular weight is 397 g/mol. The Balaban J connectivity index is 1.44. The van der Waals surface area contributed by atoms with Gasteiger partial charge in [0.15, 0.2) is 0 Å². The molecule has 0 N–H and O–H groups in total. The van der Waals surface area contributed by atoms with Crippen molar-refractivity contribution in [1.29, 1.82) is 0 Å². The summed E-state index contributed by atoms with van der Waals surface area (Å²) in [6.07, 6.45) is 7.56. The number of benzene rings is 1. The van der Waals surface area contributed by atoms with Crippen molar-refractivity contribution in [3.8, 4) is 0 Å². The Labute approximate surface area is 175 Å². The van der Waals surface area contributed by atoms with Crippen LogP contribution in [0.4, 0.5) is 0 Å². The van der Waals surface area contributed by atoms with Gasteiger partial charge in [0.1, 0.15) is 0 Å². The van der Waals surface area contributed by atoms with Crippen LogP contribution in [-0.4, -0.2) is 77.0 Å². The summed E-state index contributed by atoms with van der Waals surface area (Å²) in [4.78, 5) is 20.0. The second-order valence-corrected chi connectivity index (χ2v) is 9.69. The maximum Gasteiger partial charge on any atom is 0.253 e. The summed E-state index contributed by atoms with van der Waals surface area (Å²) >= 11 is 0. The van der Waals surface area contributed by atoms with Gasteiger partial charge in [-0.15, -0.1) is 0 Å². The Morgan fingerprint density at radius 1 is 1.07 bits per heavy atom. The van der Waals surface area contributed by atoms with Crippen molar-refractivity contribution in [2.75, 3.05) is 40.3 Å². The fourth-order valence-electron chi connectivity index (χ4n) is 4.77. The number of hydrogen-bond acceptors (Lipinski definition) is 3. The molecule has 158 valence electrons. The molecule has 1 saturated carbocycles. The van der Waals surface area contributed by atoms with Gasteiger partial charge in [-0.05, 0) is 65.0 Å². The lowest BCUT2D eigenvalue weighted by Gasteiger charge is -2.38. The third-order valence-electron chi connectivity index (χ3n) is 7.23. The molecule has 1 aromatic heterocycles. The predicted molar refractivity (Wildman–Crippen MR) is 119 cm³/mol. The van der Waals surface area contributed by atoms with E-state index in [0.29, 0.717) is 0 Å². The molecule has 2 aliphatic rings. The van der Waals surface area contributed by atoms with Crippen molar-refractivity contribution in [3.63, 3.8) is 0 Å². The van der Waals surface area contributed by atoms with Gasteiger partial charge in [0, 0.05) is 67.0 Å². The van der Waals surface area contributed by atoms with Crippen LogP contribution >= 0.6 is 0 Å². The summed E-state index contributed by atoms with van der Waals surface area (Å²) in [5.41, 5.74) is 2.08. The summed E-state index contributed by atoms with van der Waals surface area (Å²) in [6, 6.07) is 9.08. The fraction of sp³-hybridized carbons (Fsp3) is 0.625. The zero-order valence-corrected chi connectivity index (χ0v) is 18.5. The predicted octanol–water partition coefficient (Wildman–Crippen LogP) is 3.68. The summed E-state index contributed by atoms with van der Waals surface area (Å²) in [6.45, 7) is 9.17. The molecule has 1 aliphatic carbocycles. The largest absolute Gasteiger partial charge is 0.346 e. The molecule has 0 atom stereocenters. The van der Waals surface area contributed by atoms with E-state index in [9.17, 15) is 4.79 Å². The Morgan fingerprint density at radius 2 is 1.76 bits per heavy atom. The molecule has 2 heterocycles. The van der Waals surface area contributed by atoms with E-state index in [4.69, 9.17) is 0 Å². The van der Waals surface area contributed by atoms with Gasteiger partial charge in [-0.25, -0.2) is 0 Å². The first-order valence-corrected chi connectivity index (χ1v) is 11.1. The minimum absolute atomic E-state index is 0.0689. The molecule has 0 spiro atoms. The molecule has 5 heteroatoms. The first kappa shape index (κ1) is 20.4. The second-order valence-electron chi connectivity index (χ2n) is 9.69. The maximum absolute atomic E-state index is 13.1. The lowest BCUT2D eigenvalue weighted by atomic mass is 10.0. The quantitative estimate of drug-likeness (QED) is 0.773. The van der Waals surface area contributed by atoms with Crippen LogP contribution in [0.5, 0.6) is 0 Å². The molecule has 1 amide bonds. The van der Waals surface area contributed by atoms with E-state index >= 15 is 0 Å². The van der Waals surface area contributed by atoms with E-state index in [1.807, 2.05) is 11.0 Å². The van der Waals surface area contributed by atoms with E-state index < -0.39 is 0 Å². The smallest absolute Gasteiger partial charge is 0.253 e. The molecule has 1 aromatic carbocycles. The molecule has 1 saturated heterocycles. The lowest BCUT2D eigenvalue weighted by Crippen LogP contribution is -2.51. The monoisotopic (exact) mass is 396 g/mol. The number of hydrogen-bond donors (Lipinski definition) is 0. The molecule has 4 rings (SSSR count). The van der Waals surface area contributed by atoms with E-state index in [-0.39, 0.29) is 11.4 Å². The zero-order chi connectivity index (χ0) is 20.6. The highest BCUT2D eigenvalue weighted by Gasteiger charge is 2.28. The molecule has 0 bridgehead atoms. The first-order valence-electron chi connectivity index (χ1n) is 11.1. The fourth-order valence-corrected chi connectivity index (χ4v) is 4.77. The summed E-state index contributed by atoms with van der Waals surface area (Å²) in [5, 5.41) is 1.15. The Hall–Kier alpha value is -1.85. The molecule has 0 unspecified atom stereocenters. The highest BCUT2D eigenvalue weighted by Crippen LogP contribution is 2.25. The van der Waals surface area contributed by atoms with Crippen molar-refractivity contribution in [2.24, 2.45) is 0 Å². The number of likely N-dealkylation sites (N-methyl/N-ethyl adjacent to an activating group) is 1. The minimum Gasteiger partial charge on any atom is -0.346 e. The van der Waals surface area contributed by atoms with Crippen LogP contribution in [0.15, 0.2) is 30.5 Å². The number of carbonyl (C=O) groups excluding carboxylic acids is 1. The number of nitrogens with zero attached hydrogens (tertiary/aromatic N) is 4. The van der Waals surface area contributed by atoms with Gasteiger partial charge < -0.3 is 14.4 Å². The molecule has 29 heavy (non-hydrogen) atoms. The standard InChI is InChI=1S/C24H36N4O/c1-24(2,25(3)4)18-28-12-11-19-17-20(9-10-22(19)28)23(29)27-15-13-26(14-16-27)21-7-5-6-8-21/h9-12,17,21H,5-8,13-16,18H2,1-4H3. The molecule has 5 nitrogen and oxygen atoms in total. The van der Waals surface area contributed by atoms with Gasteiger partial charge in [0.05, 0.1) is 0 Å². The number of rotatable bonds is 5. The van der Waals surface area contributed by atoms with Crippen molar-refractivity contribution in [1.82, 2.24) is 19.3 Å². The molecule has 2 aromatic rings. The van der Waals surface area contributed by atoms with E-state index in [1.165, 1.54) is 31.2 Å². The number of piperazine rings is 1. The van der Waals surface area contributed by atoms with Gasteiger partial charge in [-0.1, -0.05) is 12.8 Å². The van der Waals surface area contributed by atoms with E-state index in [2.05, 4.69) is 66.7 Å². The minimum atomic E-state index is 0.0689. The van der Waals surface area contributed by atoms with Crippen molar-refractivity contribution >= 4 is 16.8 Å². The van der Waals surface area contributed by atoms with Crippen LogP contribution in [0.2, 0.25) is 0 Å². The average Bonchev–Trinajstić information content (AvgIpc) is 3.37. The molecule has 2 fully saturated rings. The highest BCUT2D eigenvalue weighted by molar-refractivity contribution is 5.98. The Morgan fingerprint density at radius 3 is 2.41 bits per heavy atom. The van der Waals surface area contributed by atoms with Gasteiger partial charge in [0.2, 0.25) is 0 Å². The SMILES string of the molecule is CN(C)C(C)(C)Cn1ccc2cc(C(=O)N3CCN(C4CCCC4)CC3)ccc21. The second kappa shape index (κ2) is 8.11. The van der Waals surface area contributed by atoms with E-state index in [1.54, 1.807) is 0 Å². The van der Waals surface area contributed by atoms with Crippen molar-refractivity contribution in [2.45, 2.75) is 57.7 Å². The van der Waals surface area contributed by atoms with Crippen LogP contribution in [0.3, 0.4) is 0 Å². The number of amides is 1. The Bertz CT molecular complexity index is 855. The van der Waals surface area contributed by atoms with Crippen LogP contribution in [0.25, 0.3) is 10.9 Å². The molecular weight excluding hydrogens is 360 g/mol. The topological polar surface area (TPSA) is 31.7 Å². The normalized spacial score (nSPS) is 19.6. The third-order valence-corrected chi connectivity index (χ3v) is 7.23. The van der Waals surface area contributed by atoms with Gasteiger partial charge in [-0.3, -0.25) is 9.69 Å². The van der Waals surface area contributed by atoms with Gasteiger partial charge in [-0.2, -0.15) is 0 Å². The van der Waals surface area contributed by atoms with Crippen molar-refractivity contribution in [3.05, 3.63) is 36.0 Å². The summed E-state index contributed by atoms with van der Waals surface area (Å²) in [7, 11) is 4.24. The lowest BCUT2D eigenvalue weighted by molar-refractivity contribution is 0.0573. The summed E-state index contributed by atoms with van der Waals surface area (Å²) in [5.74, 6) is 0.180. The van der Waals surface area contributed by atoms with Crippen LogP contribution < -0.4 is 0 Å². The van der Waals surface area contributed by atoms with Gasteiger partial charge >= 0.3 is 0 Å². The van der Waals surface area contributed by atoms with Crippen LogP contribution in [0.1, 0.15) is 49.9 Å². The number of carbonyl (C=O) groups is 1. The first-order chi connectivity index (χ1) is 13.8. The highest BCUT2D eigenvalue weighted by atomic mass is 16.2. The van der Waals surface area contributed by atoms with Crippen molar-refractivity contribution < 1.29 is 4.79 Å². The van der Waals surface area contributed by atoms with Crippen LogP contribution in [0, 0.1) is 0 Å². The zero-order valence-electron chi connectivity index (χ0n) is 18.5. The third kappa shape index (κ3) is 4.22. The molecular formula is C24H36N4O. The van der Waals surface area contributed by atoms with E-state index in [0.717, 1.165) is 49.7 Å². The molecule has 0 radical (unpaired) electrons. The molecule has 1 aliphatic heterocycles. The Kier molecular flexibility index (Phi) is 5.71. The van der Waals surface area contributed by atoms with Gasteiger partial charge in [0.25, 0.3) is 5.91 Å². The number of aromatic nitrogens is 1. The van der Waals surface area contributed by atoms with Crippen LogP contribution in [-0.2, 0) is 6.54 Å². The summed E-state index contributed by atoms with van der Waals surface area (Å²) < 4.78 is 2.30. The number of fused-ring (bicyclic) bond motifs is 1.